The minimum absolute atomic E-state index is 0.216. The average Bonchev–Trinajstić information content (AvgIpc) is 2.81. The molecular formula is C11H15N5O3. The van der Waals surface area contributed by atoms with Crippen molar-refractivity contribution in [2.24, 2.45) is 0 Å². The third kappa shape index (κ3) is 2.79. The van der Waals surface area contributed by atoms with E-state index < -0.39 is 12.1 Å². The van der Waals surface area contributed by atoms with Crippen LogP contribution >= 0.6 is 0 Å². The number of aliphatic hydroxyl groups excluding tert-OH is 1. The lowest BCUT2D eigenvalue weighted by Gasteiger charge is -2.09. The van der Waals surface area contributed by atoms with E-state index in [2.05, 4.69) is 15.0 Å². The standard InChI is InChI=1S/C11H15N5O3/c1-2-19-11(18)7(17)3-4-16-6-15-8-9(12)13-5-14-10(8)16/h5-7,17H,2-4H2,1H3,(H2,12,13,14)/t7-/m1/s1. The number of imidazole rings is 1. The quantitative estimate of drug-likeness (QED) is 0.714. The van der Waals surface area contributed by atoms with Crippen molar-refractivity contribution in [3.05, 3.63) is 12.7 Å². The van der Waals surface area contributed by atoms with Gasteiger partial charge in [-0.3, -0.25) is 0 Å². The molecule has 1 atom stereocenters. The average molecular weight is 265 g/mol. The van der Waals surface area contributed by atoms with Gasteiger partial charge in [0.15, 0.2) is 17.6 Å². The summed E-state index contributed by atoms with van der Waals surface area (Å²) in [5, 5.41) is 9.61. The van der Waals surface area contributed by atoms with E-state index in [-0.39, 0.29) is 13.0 Å². The molecule has 3 N–H and O–H groups in total. The molecule has 8 nitrogen and oxygen atoms in total. The predicted octanol–water partition coefficient (Wildman–Crippen LogP) is -0.277. The van der Waals surface area contributed by atoms with Gasteiger partial charge in [0, 0.05) is 13.0 Å². The van der Waals surface area contributed by atoms with Gasteiger partial charge in [0.05, 0.1) is 12.9 Å². The minimum Gasteiger partial charge on any atom is -0.464 e. The first-order valence-electron chi connectivity index (χ1n) is 5.89. The van der Waals surface area contributed by atoms with Crippen molar-refractivity contribution in [3.8, 4) is 0 Å². The van der Waals surface area contributed by atoms with Crippen molar-refractivity contribution in [2.75, 3.05) is 12.3 Å². The number of anilines is 1. The highest BCUT2D eigenvalue weighted by Crippen LogP contribution is 2.14. The number of rotatable bonds is 5. The monoisotopic (exact) mass is 265 g/mol. The first-order valence-corrected chi connectivity index (χ1v) is 5.89. The number of fused-ring (bicyclic) bond motifs is 1. The number of carbonyl (C=O) groups excluding carboxylic acids is 1. The molecule has 8 heteroatoms. The summed E-state index contributed by atoms with van der Waals surface area (Å²) < 4.78 is 6.42. The second-order valence-corrected chi connectivity index (χ2v) is 3.93. The number of nitrogens with zero attached hydrogens (tertiary/aromatic N) is 4. The van der Waals surface area contributed by atoms with E-state index in [1.807, 2.05) is 0 Å². The topological polar surface area (TPSA) is 116 Å². The summed E-state index contributed by atoms with van der Waals surface area (Å²) in [6.45, 7) is 2.31. The highest BCUT2D eigenvalue weighted by atomic mass is 16.5. The highest BCUT2D eigenvalue weighted by Gasteiger charge is 2.17. The molecule has 0 spiro atoms. The molecule has 0 radical (unpaired) electrons. The van der Waals surface area contributed by atoms with E-state index in [0.717, 1.165) is 0 Å². The van der Waals surface area contributed by atoms with Gasteiger partial charge in [-0.25, -0.2) is 19.7 Å². The highest BCUT2D eigenvalue weighted by molar-refractivity contribution is 5.81. The van der Waals surface area contributed by atoms with E-state index in [1.54, 1.807) is 17.8 Å². The maximum absolute atomic E-state index is 11.3. The van der Waals surface area contributed by atoms with Crippen molar-refractivity contribution >= 4 is 23.0 Å². The molecule has 19 heavy (non-hydrogen) atoms. The SMILES string of the molecule is CCOC(=O)[C@H](O)CCn1cnc2c(N)ncnc21. The molecule has 102 valence electrons. The summed E-state index contributed by atoms with van der Waals surface area (Å²) in [6.07, 6.45) is 1.95. The summed E-state index contributed by atoms with van der Waals surface area (Å²) in [4.78, 5) is 23.3. The van der Waals surface area contributed by atoms with Gasteiger partial charge in [0.25, 0.3) is 0 Å². The van der Waals surface area contributed by atoms with E-state index in [0.29, 0.717) is 23.5 Å². The zero-order valence-corrected chi connectivity index (χ0v) is 10.5. The summed E-state index contributed by atoms with van der Waals surface area (Å²) >= 11 is 0. The van der Waals surface area contributed by atoms with Crippen LogP contribution in [0.25, 0.3) is 11.2 Å². The van der Waals surface area contributed by atoms with Gasteiger partial charge in [0.1, 0.15) is 11.8 Å². The molecule has 0 fully saturated rings. The van der Waals surface area contributed by atoms with Gasteiger partial charge in [-0.1, -0.05) is 0 Å². The lowest BCUT2D eigenvalue weighted by atomic mass is 10.2. The van der Waals surface area contributed by atoms with Crippen molar-refractivity contribution < 1.29 is 14.6 Å². The van der Waals surface area contributed by atoms with Gasteiger partial charge in [-0.05, 0) is 6.92 Å². The normalized spacial score (nSPS) is 12.5. The Hall–Kier alpha value is -2.22. The fourth-order valence-corrected chi connectivity index (χ4v) is 1.68. The van der Waals surface area contributed by atoms with Crippen LogP contribution < -0.4 is 5.73 Å². The third-order valence-electron chi connectivity index (χ3n) is 2.63. The number of nitrogen functional groups attached to an aromatic ring is 1. The van der Waals surface area contributed by atoms with Crippen LogP contribution in [0, 0.1) is 0 Å². The fourth-order valence-electron chi connectivity index (χ4n) is 1.68. The molecule has 0 saturated heterocycles. The second-order valence-electron chi connectivity index (χ2n) is 3.93. The molecule has 0 amide bonds. The van der Waals surface area contributed by atoms with Gasteiger partial charge in [-0.2, -0.15) is 0 Å². The van der Waals surface area contributed by atoms with E-state index in [4.69, 9.17) is 10.5 Å². The molecule has 0 aliphatic heterocycles. The second kappa shape index (κ2) is 5.61. The molecule has 0 bridgehead atoms. The number of hydrogen-bond acceptors (Lipinski definition) is 7. The summed E-state index contributed by atoms with van der Waals surface area (Å²) in [6, 6.07) is 0. The van der Waals surface area contributed by atoms with Crippen molar-refractivity contribution in [3.63, 3.8) is 0 Å². The zero-order chi connectivity index (χ0) is 13.8. The largest absolute Gasteiger partial charge is 0.464 e. The van der Waals surface area contributed by atoms with E-state index >= 15 is 0 Å². The zero-order valence-electron chi connectivity index (χ0n) is 10.5. The number of aromatic nitrogens is 4. The molecule has 0 unspecified atom stereocenters. The fraction of sp³-hybridized carbons (Fsp3) is 0.455. The Labute approximate surface area is 109 Å². The Bertz CT molecular complexity index is 583. The van der Waals surface area contributed by atoms with E-state index in [1.165, 1.54) is 6.33 Å². The van der Waals surface area contributed by atoms with Gasteiger partial charge < -0.3 is 20.1 Å². The van der Waals surface area contributed by atoms with Crippen LogP contribution in [0.5, 0.6) is 0 Å². The summed E-state index contributed by atoms with van der Waals surface area (Å²) in [7, 11) is 0. The Balaban J connectivity index is 2.06. The third-order valence-corrected chi connectivity index (χ3v) is 2.63. The summed E-state index contributed by atoms with van der Waals surface area (Å²) in [5.41, 5.74) is 6.74. The molecule has 2 aromatic heterocycles. The molecule has 2 aromatic rings. The van der Waals surface area contributed by atoms with Crippen molar-refractivity contribution in [1.29, 1.82) is 0 Å². The number of esters is 1. The van der Waals surface area contributed by atoms with Crippen LogP contribution in [0.1, 0.15) is 13.3 Å². The van der Waals surface area contributed by atoms with Crippen LogP contribution in [0.3, 0.4) is 0 Å². The lowest BCUT2D eigenvalue weighted by Crippen LogP contribution is -2.24. The van der Waals surface area contributed by atoms with Crippen LogP contribution in [-0.4, -0.2) is 43.3 Å². The predicted molar refractivity (Wildman–Crippen MR) is 67.0 cm³/mol. The van der Waals surface area contributed by atoms with Crippen LogP contribution in [0.15, 0.2) is 12.7 Å². The number of aliphatic hydroxyl groups is 1. The lowest BCUT2D eigenvalue weighted by molar-refractivity contribution is -0.153. The number of hydrogen-bond donors (Lipinski definition) is 2. The first kappa shape index (κ1) is 13.2. The Kier molecular flexibility index (Phi) is 3.91. The van der Waals surface area contributed by atoms with Crippen LogP contribution in [0.4, 0.5) is 5.82 Å². The Morgan fingerprint density at radius 2 is 2.32 bits per heavy atom. The maximum Gasteiger partial charge on any atom is 0.335 e. The molecule has 2 rings (SSSR count). The summed E-state index contributed by atoms with van der Waals surface area (Å²) in [5.74, 6) is -0.323. The molecule has 2 heterocycles. The molecule has 0 saturated carbocycles. The number of nitrogens with two attached hydrogens (primary N) is 1. The first-order chi connectivity index (χ1) is 9.13. The smallest absolute Gasteiger partial charge is 0.335 e. The molecule has 0 aliphatic carbocycles. The number of carbonyl (C=O) groups is 1. The van der Waals surface area contributed by atoms with Gasteiger partial charge in [0.2, 0.25) is 0 Å². The van der Waals surface area contributed by atoms with Crippen LogP contribution in [0.2, 0.25) is 0 Å². The molecule has 0 aliphatic rings. The molecule has 0 aromatic carbocycles. The Morgan fingerprint density at radius 1 is 1.53 bits per heavy atom. The molecular weight excluding hydrogens is 250 g/mol. The van der Waals surface area contributed by atoms with E-state index in [9.17, 15) is 9.90 Å². The maximum atomic E-state index is 11.3. The van der Waals surface area contributed by atoms with Gasteiger partial charge >= 0.3 is 5.97 Å². The number of aryl methyl sites for hydroxylation is 1. The van der Waals surface area contributed by atoms with Crippen molar-refractivity contribution in [1.82, 2.24) is 19.5 Å². The van der Waals surface area contributed by atoms with Crippen LogP contribution in [-0.2, 0) is 16.1 Å². The minimum atomic E-state index is -1.16. The van der Waals surface area contributed by atoms with Gasteiger partial charge in [-0.15, -0.1) is 0 Å². The number of ether oxygens (including phenoxy) is 1. The Morgan fingerprint density at radius 3 is 3.05 bits per heavy atom. The van der Waals surface area contributed by atoms with Crippen molar-refractivity contribution in [2.45, 2.75) is 26.0 Å².